The lowest BCUT2D eigenvalue weighted by Crippen LogP contribution is -2.46. The zero-order valence-electron chi connectivity index (χ0n) is 18.2. The first kappa shape index (κ1) is 25.1. The number of aliphatic hydroxyl groups excluding tert-OH is 1. The number of nitrogen functional groups attached to an aromatic ring is 1. The van der Waals surface area contributed by atoms with Gasteiger partial charge in [-0.3, -0.25) is 9.13 Å². The van der Waals surface area contributed by atoms with Gasteiger partial charge in [-0.2, -0.15) is 14.4 Å². The summed E-state index contributed by atoms with van der Waals surface area (Å²) in [5, 5.41) is 11.0. The van der Waals surface area contributed by atoms with E-state index in [-0.39, 0.29) is 42.1 Å². The average Bonchev–Trinajstić information content (AvgIpc) is 3.00. The second kappa shape index (κ2) is 8.78. The van der Waals surface area contributed by atoms with E-state index in [0.29, 0.717) is 0 Å². The Morgan fingerprint density at radius 1 is 1.23 bits per heavy atom. The number of carbonyl (C=O) groups excluding carboxylic acids is 1. The summed E-state index contributed by atoms with van der Waals surface area (Å²) < 4.78 is 32.1. The summed E-state index contributed by atoms with van der Waals surface area (Å²) >= 11 is 0. The lowest BCUT2D eigenvalue weighted by Gasteiger charge is -2.39. The first-order valence-electron chi connectivity index (χ1n) is 9.83. The van der Waals surface area contributed by atoms with Crippen molar-refractivity contribution >= 4 is 30.5 Å². The van der Waals surface area contributed by atoms with Gasteiger partial charge in [0.25, 0.3) is 0 Å². The maximum atomic E-state index is 14.0. The molecule has 0 aromatic carbocycles. The van der Waals surface area contributed by atoms with E-state index in [0.717, 1.165) is 0 Å². The van der Waals surface area contributed by atoms with Crippen molar-refractivity contribution in [1.29, 1.82) is 0 Å². The van der Waals surface area contributed by atoms with E-state index in [2.05, 4.69) is 15.0 Å². The summed E-state index contributed by atoms with van der Waals surface area (Å²) in [6.07, 6.45) is -2.91. The topological polar surface area (TPSA) is 174 Å². The third-order valence-electron chi connectivity index (χ3n) is 5.07. The molecule has 11 nitrogen and oxygen atoms in total. The van der Waals surface area contributed by atoms with Crippen LogP contribution in [-0.4, -0.2) is 58.2 Å². The highest BCUT2D eigenvalue weighted by Crippen LogP contribution is 2.41. The summed E-state index contributed by atoms with van der Waals surface area (Å²) in [4.78, 5) is 42.9. The molecule has 0 bridgehead atoms. The molecule has 0 aliphatic heterocycles. The Balaban J connectivity index is 2.79. The molecule has 1 atom stereocenters. The van der Waals surface area contributed by atoms with Gasteiger partial charge in [0.1, 0.15) is 5.60 Å². The molecule has 0 amide bonds. The number of carbonyl (C=O) groups is 1. The summed E-state index contributed by atoms with van der Waals surface area (Å²) in [6.45, 7) is 8.42. The van der Waals surface area contributed by atoms with Gasteiger partial charge in [0, 0.05) is 0 Å². The standard InChI is InChI=1S/C18H29FN5O6P/c1-6-18(7-2,10(25)8-9-31(27,28)29)24-13-11(12(20)22-16(19)23-13)21-14(24)15(26)30-17(3,4)5/h10,25H,6-9H2,1-5H3,(H2,20,22,23)(H2,27,28,29)/t10-/m1/s1. The van der Waals surface area contributed by atoms with Crippen LogP contribution in [0.3, 0.4) is 0 Å². The largest absolute Gasteiger partial charge is 0.454 e. The van der Waals surface area contributed by atoms with Gasteiger partial charge >= 0.3 is 19.6 Å². The maximum absolute atomic E-state index is 14.0. The summed E-state index contributed by atoms with van der Waals surface area (Å²) in [5.74, 6) is -1.41. The third kappa shape index (κ3) is 5.38. The van der Waals surface area contributed by atoms with Crippen LogP contribution in [0.25, 0.3) is 11.2 Å². The highest BCUT2D eigenvalue weighted by molar-refractivity contribution is 7.51. The van der Waals surface area contributed by atoms with Crippen LogP contribution >= 0.6 is 7.60 Å². The van der Waals surface area contributed by atoms with Crippen LogP contribution in [0.5, 0.6) is 0 Å². The van der Waals surface area contributed by atoms with Crippen molar-refractivity contribution < 1.29 is 33.4 Å². The summed E-state index contributed by atoms with van der Waals surface area (Å²) in [5.41, 5.74) is 3.46. The highest BCUT2D eigenvalue weighted by atomic mass is 31.2. The SMILES string of the molecule is CCC(CC)([C@H](O)CCP(=O)(O)O)n1c(C(=O)OC(C)(C)C)nc2c(N)nc(F)nc21. The number of anilines is 1. The molecule has 2 aromatic rings. The fraction of sp³-hybridized carbons (Fsp3) is 0.667. The lowest BCUT2D eigenvalue weighted by atomic mass is 9.84. The van der Waals surface area contributed by atoms with E-state index < -0.39 is 43.0 Å². The summed E-state index contributed by atoms with van der Waals surface area (Å²) in [7, 11) is -4.39. The maximum Gasteiger partial charge on any atom is 0.375 e. The zero-order valence-corrected chi connectivity index (χ0v) is 19.1. The van der Waals surface area contributed by atoms with Crippen molar-refractivity contribution in [2.24, 2.45) is 0 Å². The second-order valence-electron chi connectivity index (χ2n) is 8.33. The number of hydrogen-bond donors (Lipinski definition) is 4. The van der Waals surface area contributed by atoms with Crippen LogP contribution < -0.4 is 5.73 Å². The van der Waals surface area contributed by atoms with Gasteiger partial charge in [-0.1, -0.05) is 13.8 Å². The number of ether oxygens (including phenoxy) is 1. The van der Waals surface area contributed by atoms with Gasteiger partial charge in [0.15, 0.2) is 17.0 Å². The molecule has 2 heterocycles. The number of nitrogens with zero attached hydrogens (tertiary/aromatic N) is 4. The van der Waals surface area contributed by atoms with Crippen LogP contribution in [-0.2, 0) is 14.8 Å². The number of fused-ring (bicyclic) bond motifs is 1. The van der Waals surface area contributed by atoms with Crippen molar-refractivity contribution in [2.75, 3.05) is 11.9 Å². The summed E-state index contributed by atoms with van der Waals surface area (Å²) in [6, 6.07) is 0. The number of hydrogen-bond acceptors (Lipinski definition) is 8. The van der Waals surface area contributed by atoms with Crippen molar-refractivity contribution in [1.82, 2.24) is 19.5 Å². The van der Waals surface area contributed by atoms with E-state index in [1.165, 1.54) is 4.57 Å². The molecule has 13 heteroatoms. The highest BCUT2D eigenvalue weighted by Gasteiger charge is 2.43. The van der Waals surface area contributed by atoms with Gasteiger partial charge in [0.05, 0.1) is 17.8 Å². The van der Waals surface area contributed by atoms with Crippen LogP contribution in [0.4, 0.5) is 10.2 Å². The Morgan fingerprint density at radius 2 is 1.81 bits per heavy atom. The number of aliphatic hydroxyl groups is 1. The van der Waals surface area contributed by atoms with Gasteiger partial charge in [-0.25, -0.2) is 9.78 Å². The van der Waals surface area contributed by atoms with E-state index in [1.807, 2.05) is 0 Å². The molecule has 0 saturated heterocycles. The Labute approximate surface area is 179 Å². The first-order valence-corrected chi connectivity index (χ1v) is 11.6. The van der Waals surface area contributed by atoms with E-state index in [1.54, 1.807) is 34.6 Å². The lowest BCUT2D eigenvalue weighted by molar-refractivity contribution is -0.00145. The number of imidazole rings is 1. The quantitative estimate of drug-likeness (QED) is 0.258. The number of esters is 1. The first-order chi connectivity index (χ1) is 14.1. The Bertz CT molecular complexity index is 1010. The molecule has 5 N–H and O–H groups in total. The Hall–Kier alpha value is -2.14. The normalized spacial score (nSPS) is 14.1. The number of nitrogens with two attached hydrogens (primary N) is 1. The van der Waals surface area contributed by atoms with E-state index in [9.17, 15) is 28.6 Å². The smallest absolute Gasteiger partial charge is 0.375 e. The van der Waals surface area contributed by atoms with Gasteiger partial charge in [0.2, 0.25) is 5.82 Å². The average molecular weight is 461 g/mol. The third-order valence-corrected chi connectivity index (χ3v) is 5.91. The van der Waals surface area contributed by atoms with E-state index in [4.69, 9.17) is 10.5 Å². The van der Waals surface area contributed by atoms with Crippen LogP contribution in [0.1, 0.15) is 64.5 Å². The Morgan fingerprint density at radius 3 is 2.29 bits per heavy atom. The van der Waals surface area contributed by atoms with Crippen molar-refractivity contribution in [3.05, 3.63) is 11.9 Å². The molecule has 0 fully saturated rings. The number of aromatic nitrogens is 4. The zero-order chi connectivity index (χ0) is 23.8. The molecule has 2 rings (SSSR count). The number of halogens is 1. The predicted octanol–water partition coefficient (Wildman–Crippen LogP) is 1.95. The van der Waals surface area contributed by atoms with E-state index >= 15 is 0 Å². The second-order valence-corrected chi connectivity index (χ2v) is 10.1. The molecule has 174 valence electrons. The van der Waals surface area contributed by atoms with Crippen molar-refractivity contribution in [3.8, 4) is 0 Å². The fourth-order valence-electron chi connectivity index (χ4n) is 3.58. The van der Waals surface area contributed by atoms with Crippen molar-refractivity contribution in [2.45, 2.75) is 71.1 Å². The molecule has 0 saturated carbocycles. The molecule has 0 aliphatic rings. The molecule has 0 spiro atoms. The molecular weight excluding hydrogens is 432 g/mol. The molecular formula is C18H29FN5O6P. The van der Waals surface area contributed by atoms with Gasteiger partial charge in [-0.05, 0) is 40.0 Å². The van der Waals surface area contributed by atoms with Crippen LogP contribution in [0.2, 0.25) is 0 Å². The molecule has 0 unspecified atom stereocenters. The minimum absolute atomic E-state index is 0.0456. The molecule has 0 aliphatic carbocycles. The minimum atomic E-state index is -4.39. The molecule has 2 aromatic heterocycles. The van der Waals surface area contributed by atoms with Crippen LogP contribution in [0, 0.1) is 6.08 Å². The molecule has 31 heavy (non-hydrogen) atoms. The minimum Gasteiger partial charge on any atom is -0.454 e. The van der Waals surface area contributed by atoms with Gasteiger partial charge in [-0.15, -0.1) is 0 Å². The Kier molecular flexibility index (Phi) is 7.11. The fourth-order valence-corrected chi connectivity index (χ4v) is 4.16. The molecule has 0 radical (unpaired) electrons. The van der Waals surface area contributed by atoms with Gasteiger partial charge < -0.3 is 25.4 Å². The van der Waals surface area contributed by atoms with Crippen LogP contribution in [0.15, 0.2) is 0 Å². The number of rotatable bonds is 8. The monoisotopic (exact) mass is 461 g/mol. The predicted molar refractivity (Wildman–Crippen MR) is 111 cm³/mol. The van der Waals surface area contributed by atoms with Crippen molar-refractivity contribution in [3.63, 3.8) is 0 Å².